The largest absolute Gasteiger partial charge is 0.508 e. The fraction of sp³-hybridized carbons (Fsp3) is 0.403. The van der Waals surface area contributed by atoms with E-state index >= 15 is 0 Å². The number of fused-ring (bicyclic) bond motifs is 2. The molecular formula is C67H81N11O23S. The van der Waals surface area contributed by atoms with Gasteiger partial charge in [0.15, 0.2) is 10.5 Å². The van der Waals surface area contributed by atoms with Gasteiger partial charge in [-0.25, -0.2) is 4.79 Å². The highest BCUT2D eigenvalue weighted by atomic mass is 32.1. The van der Waals surface area contributed by atoms with Crippen LogP contribution in [0.1, 0.15) is 108 Å². The summed E-state index contributed by atoms with van der Waals surface area (Å²) in [6, 6.07) is 6.81. The molecule has 0 spiro atoms. The molecule has 1 aliphatic heterocycles. The van der Waals surface area contributed by atoms with Crippen molar-refractivity contribution < 1.29 is 107 Å². The average Bonchev–Trinajstić information content (AvgIpc) is 0.748. The number of amides is 9. The van der Waals surface area contributed by atoms with E-state index in [4.69, 9.17) is 22.4 Å². The molecule has 2 aliphatic rings. The Morgan fingerprint density at radius 1 is 0.520 bits per heavy atom. The van der Waals surface area contributed by atoms with Crippen molar-refractivity contribution in [3.63, 3.8) is 0 Å². The molecule has 0 saturated heterocycles. The lowest BCUT2D eigenvalue weighted by molar-refractivity contribution is -0.142. The van der Waals surface area contributed by atoms with Gasteiger partial charge in [-0.2, -0.15) is 0 Å². The molecule has 35 heteroatoms. The SMILES string of the molecule is CC(C)C[C@H](NC(=O)[C@H](Cc1ccccc1)NC(=O)[C@H](CCC(=O)O)NC(=O)CNC(=O)[C@@H](NC(=O)[C@H](CCC(=O)O)NC(=O)[C@H](CCC(=O)O)NC(=O)[C@H](CC(=O)O)NC(=O)[C@H](CC(C)C)NC(=S)Nc1ccc(-c2c3ccc(=O)cc-3oc3cc(O)ccc23)c(C(=O)O)c1)[C@@H](C)O)C(N)=O. The molecule has 34 nitrogen and oxygen atoms in total. The maximum absolute atomic E-state index is 14.2. The summed E-state index contributed by atoms with van der Waals surface area (Å²) in [5, 5.41) is 94.0. The first-order valence-electron chi connectivity index (χ1n) is 31.9. The third-order valence-electron chi connectivity index (χ3n) is 15.4. The third kappa shape index (κ3) is 25.3. The monoisotopic (exact) mass is 1440 g/mol. The fourth-order valence-electron chi connectivity index (χ4n) is 10.5. The Morgan fingerprint density at radius 3 is 1.56 bits per heavy atom. The van der Waals surface area contributed by atoms with E-state index in [-0.39, 0.29) is 70.1 Å². The normalized spacial score (nSPS) is 13.8. The van der Waals surface area contributed by atoms with Crippen molar-refractivity contribution in [1.82, 2.24) is 47.9 Å². The molecule has 9 amide bonds. The van der Waals surface area contributed by atoms with Crippen LogP contribution in [0.4, 0.5) is 5.69 Å². The highest BCUT2D eigenvalue weighted by Crippen LogP contribution is 2.42. The van der Waals surface area contributed by atoms with Crippen molar-refractivity contribution in [2.45, 2.75) is 153 Å². The van der Waals surface area contributed by atoms with Crippen LogP contribution in [0.3, 0.4) is 0 Å². The maximum atomic E-state index is 14.2. The first-order valence-corrected chi connectivity index (χ1v) is 32.3. The number of carboxylic acid groups (broad SMARTS) is 5. The van der Waals surface area contributed by atoms with Gasteiger partial charge in [0.2, 0.25) is 53.2 Å². The molecule has 1 heterocycles. The number of aliphatic carboxylic acids is 4. The number of carboxylic acids is 5. The molecule has 0 bridgehead atoms. The highest BCUT2D eigenvalue weighted by Gasteiger charge is 2.37. The summed E-state index contributed by atoms with van der Waals surface area (Å²) in [5.74, 6) is -18.4. The first kappa shape index (κ1) is 81.1. The van der Waals surface area contributed by atoms with Gasteiger partial charge in [-0.15, -0.1) is 0 Å². The van der Waals surface area contributed by atoms with Crippen molar-refractivity contribution in [2.24, 2.45) is 17.6 Å². The molecular weight excluding hydrogens is 1360 g/mol. The van der Waals surface area contributed by atoms with Crippen LogP contribution in [-0.4, -0.2) is 185 Å². The van der Waals surface area contributed by atoms with Crippen LogP contribution in [0.2, 0.25) is 0 Å². The van der Waals surface area contributed by atoms with Crippen molar-refractivity contribution in [2.75, 3.05) is 11.9 Å². The number of aromatic carboxylic acids is 1. The topological polar surface area (TPSA) is 557 Å². The Hall–Kier alpha value is -11.6. The van der Waals surface area contributed by atoms with Gasteiger partial charge in [0.25, 0.3) is 0 Å². The summed E-state index contributed by atoms with van der Waals surface area (Å²) < 4.78 is 5.90. The van der Waals surface area contributed by atoms with Gasteiger partial charge in [-0.1, -0.05) is 64.1 Å². The molecule has 3 aromatic carbocycles. The molecule has 9 atom stereocenters. The van der Waals surface area contributed by atoms with E-state index in [0.29, 0.717) is 22.1 Å². The van der Waals surface area contributed by atoms with Gasteiger partial charge < -0.3 is 99.1 Å². The van der Waals surface area contributed by atoms with Crippen LogP contribution in [-0.2, 0) is 68.7 Å². The number of aliphatic hydroxyl groups is 1. The molecule has 0 radical (unpaired) electrons. The number of anilines is 1. The number of thiocarbonyl (C=S) groups is 1. The van der Waals surface area contributed by atoms with Crippen molar-refractivity contribution in [3.05, 3.63) is 106 Å². The van der Waals surface area contributed by atoms with E-state index in [1.807, 2.05) is 0 Å². The summed E-state index contributed by atoms with van der Waals surface area (Å²) in [5.41, 5.74) is 6.48. The van der Waals surface area contributed by atoms with Crippen LogP contribution in [0, 0.1) is 11.8 Å². The number of rotatable bonds is 39. The number of primary amides is 1. The number of nitrogens with one attached hydrogen (secondary N) is 10. The lowest BCUT2D eigenvalue weighted by Gasteiger charge is -2.27. The van der Waals surface area contributed by atoms with Gasteiger partial charge >= 0.3 is 29.8 Å². The van der Waals surface area contributed by atoms with Gasteiger partial charge in [0.05, 0.1) is 24.6 Å². The van der Waals surface area contributed by atoms with Crippen LogP contribution >= 0.6 is 12.2 Å². The lowest BCUT2D eigenvalue weighted by Crippen LogP contribution is -2.61. The second-order valence-electron chi connectivity index (χ2n) is 24.6. The maximum Gasteiger partial charge on any atom is 0.336 e. The standard InChI is InChI=1S/C67H81N11O23S/c1-31(2)23-45(58(68)91)74-63(96)47(25-34-9-7-6-8-10-34)75-59(92)42(17-20-52(83)84)71-51(82)30-69-65(98)57(33(5)79)78-61(94)44(19-22-54(87)88)72-60(93)43(18-21-53(85)86)73-64(97)48(29-55(89)90)76-62(95)46(24-32(3)4)77-67(102)70-35-11-14-38(41(26-35)66(99)100)56-39-15-12-36(80)27-49(39)101-50-28-37(81)13-16-40(50)56/h6-16,26-28,31-33,42-48,57,79-80H,17-25,29-30H2,1-5H3,(H2,68,91)(H,69,98)(H,71,82)(H,72,93)(H,73,97)(H,74,96)(H,75,92)(H,76,95)(H,78,94)(H,83,84)(H,85,86)(H,87,88)(H,89,90)(H,99,100)(H2,70,77,102)/t33-,42+,43+,44+,45+,46+,47+,48+,57+/m1/s1. The zero-order chi connectivity index (χ0) is 75.8. The van der Waals surface area contributed by atoms with Crippen molar-refractivity contribution in [3.8, 4) is 28.2 Å². The average molecular weight is 1440 g/mol. The Balaban J connectivity index is 1.30. The summed E-state index contributed by atoms with van der Waals surface area (Å²) in [6.45, 7) is 6.92. The van der Waals surface area contributed by atoms with Crippen LogP contribution < -0.4 is 64.3 Å². The minimum Gasteiger partial charge on any atom is -0.508 e. The number of phenols is 1. The Bertz CT molecular complexity index is 4000. The number of benzene rings is 4. The first-order chi connectivity index (χ1) is 48.0. The van der Waals surface area contributed by atoms with Crippen molar-refractivity contribution >= 4 is 117 Å². The number of phenolic OH excluding ortho intramolecular Hbond substituents is 1. The zero-order valence-electron chi connectivity index (χ0n) is 55.9. The number of hydrogen-bond acceptors (Lipinski definition) is 19. The Morgan fingerprint density at radius 2 is 1.02 bits per heavy atom. The van der Waals surface area contributed by atoms with Gasteiger partial charge in [-0.05, 0) is 111 Å². The molecule has 0 fully saturated rings. The Kier molecular flexibility index (Phi) is 30.3. The molecule has 19 N–H and O–H groups in total. The predicted octanol–water partition coefficient (Wildman–Crippen LogP) is 0.403. The highest BCUT2D eigenvalue weighted by molar-refractivity contribution is 7.80. The number of aromatic hydroxyl groups is 1. The number of nitrogens with two attached hydrogens (primary N) is 1. The number of carbonyl (C=O) groups is 14. The van der Waals surface area contributed by atoms with Gasteiger partial charge in [0.1, 0.15) is 65.4 Å². The molecule has 0 aromatic heterocycles. The summed E-state index contributed by atoms with van der Waals surface area (Å²) in [4.78, 5) is 196. The van der Waals surface area contributed by atoms with E-state index in [1.54, 1.807) is 58.0 Å². The zero-order valence-corrected chi connectivity index (χ0v) is 56.7. The molecule has 5 rings (SSSR count). The van der Waals surface area contributed by atoms with E-state index in [0.717, 1.165) is 6.92 Å². The van der Waals surface area contributed by atoms with Crippen LogP contribution in [0.25, 0.3) is 33.4 Å². The summed E-state index contributed by atoms with van der Waals surface area (Å²) >= 11 is 5.55. The smallest absolute Gasteiger partial charge is 0.336 e. The van der Waals surface area contributed by atoms with Crippen molar-refractivity contribution in [1.29, 1.82) is 0 Å². The van der Waals surface area contributed by atoms with Gasteiger partial charge in [-0.3, -0.25) is 67.1 Å². The fourth-order valence-corrected chi connectivity index (χ4v) is 10.8. The van der Waals surface area contributed by atoms with Crippen LogP contribution in [0.5, 0.6) is 5.75 Å². The second-order valence-corrected chi connectivity index (χ2v) is 25.1. The number of carbonyl (C=O) groups excluding carboxylic acids is 9. The van der Waals surface area contributed by atoms with E-state index in [2.05, 4.69) is 53.2 Å². The molecule has 3 aromatic rings. The second kappa shape index (κ2) is 38.1. The molecule has 1 aliphatic carbocycles. The van der Waals surface area contributed by atoms with Gasteiger partial charge in [0, 0.05) is 60.0 Å². The lowest BCUT2D eigenvalue weighted by atomic mass is 9.90. The molecule has 0 saturated carbocycles. The van der Waals surface area contributed by atoms with Crippen LogP contribution in [0.15, 0.2) is 94.1 Å². The quantitative estimate of drug-likeness (QED) is 0.0187. The number of hydrogen-bond donors (Lipinski definition) is 18. The molecule has 102 heavy (non-hydrogen) atoms. The molecule has 0 unspecified atom stereocenters. The van der Waals surface area contributed by atoms with E-state index < -0.39 is 194 Å². The summed E-state index contributed by atoms with van der Waals surface area (Å²) in [6.07, 6.45) is -7.63. The van der Waals surface area contributed by atoms with E-state index in [1.165, 1.54) is 54.6 Å². The minimum absolute atomic E-state index is 0.0518. The summed E-state index contributed by atoms with van der Waals surface area (Å²) in [7, 11) is 0. The minimum atomic E-state index is -2.04. The number of aliphatic hydroxyl groups excluding tert-OH is 1. The van der Waals surface area contributed by atoms with E-state index in [9.17, 15) is 108 Å². The molecule has 548 valence electrons. The predicted molar refractivity (Wildman–Crippen MR) is 366 cm³/mol. The third-order valence-corrected chi connectivity index (χ3v) is 15.6. The Labute approximate surface area is 587 Å².